The Bertz CT molecular complexity index is 610. The summed E-state index contributed by atoms with van der Waals surface area (Å²) in [5.41, 5.74) is 7.14. The van der Waals surface area contributed by atoms with Crippen LogP contribution in [-0.2, 0) is 4.74 Å². The quantitative estimate of drug-likeness (QED) is 0.771. The van der Waals surface area contributed by atoms with Gasteiger partial charge in [0, 0.05) is 18.7 Å². The zero-order valence-electron chi connectivity index (χ0n) is 12.4. The number of rotatable bonds is 7. The molecule has 0 unspecified atom stereocenters. The number of anilines is 1. The summed E-state index contributed by atoms with van der Waals surface area (Å²) >= 11 is 1.39. The van der Waals surface area contributed by atoms with Crippen molar-refractivity contribution >= 4 is 32.6 Å². The lowest BCUT2D eigenvalue weighted by Crippen LogP contribution is -2.24. The van der Waals surface area contributed by atoms with Crippen LogP contribution >= 0.6 is 11.3 Å². The molecule has 1 amide bonds. The van der Waals surface area contributed by atoms with Crippen molar-refractivity contribution < 1.29 is 9.53 Å². The molecule has 0 aliphatic carbocycles. The molecule has 5 nitrogen and oxygen atoms in total. The van der Waals surface area contributed by atoms with E-state index >= 15 is 0 Å². The Hall–Kier alpha value is -1.66. The number of nitrogens with one attached hydrogen (secondary N) is 1. The largest absolute Gasteiger partial charge is 0.379 e. The molecule has 3 N–H and O–H groups in total. The second-order valence-corrected chi connectivity index (χ2v) is 6.18. The third-order valence-electron chi connectivity index (χ3n) is 2.98. The van der Waals surface area contributed by atoms with Crippen molar-refractivity contribution in [2.24, 2.45) is 0 Å². The Kier molecular flexibility index (Phi) is 5.52. The van der Waals surface area contributed by atoms with E-state index in [4.69, 9.17) is 10.5 Å². The molecule has 0 bridgehead atoms. The molecular weight excluding hydrogens is 286 g/mol. The van der Waals surface area contributed by atoms with Gasteiger partial charge in [-0.3, -0.25) is 4.79 Å². The van der Waals surface area contributed by atoms with Crippen molar-refractivity contribution in [2.75, 3.05) is 18.9 Å². The molecule has 0 saturated heterocycles. The average Bonchev–Trinajstić information content (AvgIpc) is 2.81. The van der Waals surface area contributed by atoms with Crippen LogP contribution in [0.2, 0.25) is 0 Å². The topological polar surface area (TPSA) is 77.2 Å². The molecule has 0 fully saturated rings. The first-order valence-electron chi connectivity index (χ1n) is 7.12. The van der Waals surface area contributed by atoms with E-state index < -0.39 is 0 Å². The minimum Gasteiger partial charge on any atom is -0.379 e. The van der Waals surface area contributed by atoms with Gasteiger partial charge in [-0.15, -0.1) is 0 Å². The second kappa shape index (κ2) is 7.38. The zero-order chi connectivity index (χ0) is 15.2. The van der Waals surface area contributed by atoms with Crippen molar-refractivity contribution in [3.05, 3.63) is 23.8 Å². The number of nitrogens with two attached hydrogens (primary N) is 1. The molecule has 1 heterocycles. The van der Waals surface area contributed by atoms with Gasteiger partial charge in [-0.1, -0.05) is 11.3 Å². The lowest BCUT2D eigenvalue weighted by atomic mass is 10.2. The maximum absolute atomic E-state index is 12.0. The van der Waals surface area contributed by atoms with Crippen LogP contribution in [0.15, 0.2) is 18.2 Å². The van der Waals surface area contributed by atoms with Gasteiger partial charge in [-0.25, -0.2) is 4.98 Å². The van der Waals surface area contributed by atoms with Crippen molar-refractivity contribution in [3.63, 3.8) is 0 Å². The minimum absolute atomic E-state index is 0.0614. The van der Waals surface area contributed by atoms with E-state index in [2.05, 4.69) is 10.3 Å². The summed E-state index contributed by atoms with van der Waals surface area (Å²) in [6.07, 6.45) is 2.12. The van der Waals surface area contributed by atoms with E-state index in [1.165, 1.54) is 11.3 Å². The monoisotopic (exact) mass is 307 g/mol. The molecule has 0 atom stereocenters. The minimum atomic E-state index is -0.0614. The molecule has 2 rings (SSSR count). The Labute approximate surface area is 128 Å². The number of aromatic nitrogens is 1. The summed E-state index contributed by atoms with van der Waals surface area (Å²) in [4.78, 5) is 16.2. The number of unbranched alkanes of at least 4 members (excludes halogenated alkanes) is 1. The maximum Gasteiger partial charge on any atom is 0.251 e. The van der Waals surface area contributed by atoms with E-state index in [1.54, 1.807) is 6.07 Å². The van der Waals surface area contributed by atoms with Gasteiger partial charge in [0.05, 0.1) is 16.3 Å². The van der Waals surface area contributed by atoms with Crippen LogP contribution in [0.4, 0.5) is 5.13 Å². The molecule has 0 radical (unpaired) electrons. The number of carbonyl (C=O) groups is 1. The van der Waals surface area contributed by atoms with Crippen molar-refractivity contribution in [3.8, 4) is 0 Å². The van der Waals surface area contributed by atoms with Gasteiger partial charge in [0.25, 0.3) is 5.91 Å². The Morgan fingerprint density at radius 3 is 3.00 bits per heavy atom. The Balaban J connectivity index is 1.79. The maximum atomic E-state index is 12.0. The molecule has 0 aliphatic heterocycles. The third-order valence-corrected chi connectivity index (χ3v) is 3.82. The van der Waals surface area contributed by atoms with Crippen LogP contribution in [0.5, 0.6) is 0 Å². The summed E-state index contributed by atoms with van der Waals surface area (Å²) in [6, 6.07) is 5.44. The fourth-order valence-electron chi connectivity index (χ4n) is 1.93. The summed E-state index contributed by atoms with van der Waals surface area (Å²) in [5, 5.41) is 3.44. The molecule has 114 valence electrons. The number of nitrogens with zero attached hydrogens (tertiary/aromatic N) is 1. The normalized spacial score (nSPS) is 11.2. The molecule has 1 aromatic heterocycles. The van der Waals surface area contributed by atoms with Crippen LogP contribution < -0.4 is 11.1 Å². The predicted octanol–water partition coefficient (Wildman–Crippen LogP) is 2.81. The smallest absolute Gasteiger partial charge is 0.251 e. The highest BCUT2D eigenvalue weighted by atomic mass is 32.1. The summed E-state index contributed by atoms with van der Waals surface area (Å²) < 4.78 is 6.39. The molecule has 0 saturated carbocycles. The fourth-order valence-corrected chi connectivity index (χ4v) is 2.71. The highest BCUT2D eigenvalue weighted by molar-refractivity contribution is 7.22. The standard InChI is InChI=1S/C15H21N3O2S/c1-10(2)20-8-4-3-7-17-14(19)11-5-6-12-13(9-11)21-15(16)18-12/h5-6,9-10H,3-4,7-8H2,1-2H3,(H2,16,18)(H,17,19). The van der Waals surface area contributed by atoms with E-state index in [0.29, 0.717) is 17.2 Å². The predicted molar refractivity (Wildman–Crippen MR) is 86.7 cm³/mol. The third kappa shape index (κ3) is 4.68. The molecule has 21 heavy (non-hydrogen) atoms. The van der Waals surface area contributed by atoms with Crippen LogP contribution in [0.25, 0.3) is 10.2 Å². The number of amides is 1. The Morgan fingerprint density at radius 2 is 2.24 bits per heavy atom. The van der Waals surface area contributed by atoms with Crippen LogP contribution in [0.1, 0.15) is 37.0 Å². The highest BCUT2D eigenvalue weighted by Crippen LogP contribution is 2.24. The molecule has 1 aromatic carbocycles. The van der Waals surface area contributed by atoms with Gasteiger partial charge < -0.3 is 15.8 Å². The lowest BCUT2D eigenvalue weighted by Gasteiger charge is -2.08. The number of hydrogen-bond donors (Lipinski definition) is 2. The highest BCUT2D eigenvalue weighted by Gasteiger charge is 2.08. The van der Waals surface area contributed by atoms with Gasteiger partial charge in [0.2, 0.25) is 0 Å². The first-order chi connectivity index (χ1) is 10.1. The number of fused-ring (bicyclic) bond motifs is 1. The number of nitrogen functional groups attached to an aromatic ring is 1. The summed E-state index contributed by atoms with van der Waals surface area (Å²) in [7, 11) is 0. The molecule has 0 aliphatic rings. The Morgan fingerprint density at radius 1 is 1.43 bits per heavy atom. The van der Waals surface area contributed by atoms with E-state index in [0.717, 1.165) is 29.7 Å². The number of ether oxygens (including phenoxy) is 1. The van der Waals surface area contributed by atoms with Gasteiger partial charge in [0.1, 0.15) is 0 Å². The molecule has 0 spiro atoms. The average molecular weight is 307 g/mol. The molecule has 6 heteroatoms. The van der Waals surface area contributed by atoms with Crippen LogP contribution in [0.3, 0.4) is 0 Å². The van der Waals surface area contributed by atoms with E-state index in [-0.39, 0.29) is 12.0 Å². The number of carbonyl (C=O) groups excluding carboxylic acids is 1. The van der Waals surface area contributed by atoms with Crippen molar-refractivity contribution in [2.45, 2.75) is 32.8 Å². The van der Waals surface area contributed by atoms with Crippen molar-refractivity contribution in [1.82, 2.24) is 10.3 Å². The zero-order valence-corrected chi connectivity index (χ0v) is 13.2. The SMILES string of the molecule is CC(C)OCCCCNC(=O)c1ccc2nc(N)sc2c1. The fraction of sp³-hybridized carbons (Fsp3) is 0.467. The first-order valence-corrected chi connectivity index (χ1v) is 7.94. The van der Waals surface area contributed by atoms with Crippen LogP contribution in [0, 0.1) is 0 Å². The van der Waals surface area contributed by atoms with E-state index in [1.807, 2.05) is 26.0 Å². The van der Waals surface area contributed by atoms with Crippen molar-refractivity contribution in [1.29, 1.82) is 0 Å². The first kappa shape index (κ1) is 15.7. The second-order valence-electron chi connectivity index (χ2n) is 5.12. The lowest BCUT2D eigenvalue weighted by molar-refractivity contribution is 0.0754. The number of hydrogen-bond acceptors (Lipinski definition) is 5. The molecule has 2 aromatic rings. The summed E-state index contributed by atoms with van der Waals surface area (Å²) in [6.45, 7) is 5.43. The van der Waals surface area contributed by atoms with E-state index in [9.17, 15) is 4.79 Å². The number of benzene rings is 1. The van der Waals surface area contributed by atoms with Gasteiger partial charge in [-0.2, -0.15) is 0 Å². The van der Waals surface area contributed by atoms with Crippen LogP contribution in [-0.4, -0.2) is 30.1 Å². The molecular formula is C15H21N3O2S. The summed E-state index contributed by atoms with van der Waals surface area (Å²) in [5.74, 6) is -0.0614. The van der Waals surface area contributed by atoms with Gasteiger partial charge in [0.15, 0.2) is 5.13 Å². The van der Waals surface area contributed by atoms with Gasteiger partial charge >= 0.3 is 0 Å². The number of thiazole rings is 1. The van der Waals surface area contributed by atoms with Gasteiger partial charge in [-0.05, 0) is 44.9 Å².